The molecule has 0 saturated heterocycles. The summed E-state index contributed by atoms with van der Waals surface area (Å²) in [5, 5.41) is 1.61. The van der Waals surface area contributed by atoms with E-state index in [2.05, 4.69) is 42.4 Å². The highest BCUT2D eigenvalue weighted by molar-refractivity contribution is 9.08. The molecule has 0 bridgehead atoms. The van der Waals surface area contributed by atoms with E-state index in [1.165, 1.54) is 16.7 Å². The van der Waals surface area contributed by atoms with Crippen LogP contribution in [0.2, 0.25) is 5.02 Å². The molecule has 0 aromatic heterocycles. The number of allylic oxidation sites excluding steroid dienone is 1. The van der Waals surface area contributed by atoms with Gasteiger partial charge in [-0.3, -0.25) is 0 Å². The number of rotatable bonds is 4. The van der Waals surface area contributed by atoms with E-state index in [-0.39, 0.29) is 0 Å². The van der Waals surface area contributed by atoms with E-state index in [1.807, 2.05) is 6.07 Å². The Bertz CT molecular complexity index is 369. The zero-order chi connectivity index (χ0) is 11.4. The van der Waals surface area contributed by atoms with Gasteiger partial charge in [0.05, 0.1) is 0 Å². The molecule has 0 fully saturated rings. The smallest absolute Gasteiger partial charge is 0.0455 e. The molecular formula is C13H16BrCl. The van der Waals surface area contributed by atoms with Gasteiger partial charge in [0.1, 0.15) is 0 Å². The highest BCUT2D eigenvalue weighted by Crippen LogP contribution is 2.30. The Hall–Kier alpha value is -0.270. The van der Waals surface area contributed by atoms with Crippen LogP contribution in [0.5, 0.6) is 0 Å². The third-order valence-electron chi connectivity index (χ3n) is 2.41. The predicted octanol–water partition coefficient (Wildman–Crippen LogP) is 5.36. The van der Waals surface area contributed by atoms with E-state index in [9.17, 15) is 0 Å². The Kier molecular flexibility index (Phi) is 4.88. The molecule has 1 rings (SSSR count). The molecule has 0 spiro atoms. The van der Waals surface area contributed by atoms with Crippen molar-refractivity contribution in [2.24, 2.45) is 0 Å². The van der Waals surface area contributed by atoms with Crippen LogP contribution < -0.4 is 0 Å². The fourth-order valence-electron chi connectivity index (χ4n) is 1.66. The first-order valence-corrected chi connectivity index (χ1v) is 6.63. The van der Waals surface area contributed by atoms with E-state index < -0.39 is 0 Å². The summed E-state index contributed by atoms with van der Waals surface area (Å²) in [5.74, 6) is 0. The molecule has 0 nitrogen and oxygen atoms in total. The second kappa shape index (κ2) is 5.72. The van der Waals surface area contributed by atoms with Gasteiger partial charge in [0.25, 0.3) is 0 Å². The van der Waals surface area contributed by atoms with Gasteiger partial charge in [-0.25, -0.2) is 0 Å². The molecular weight excluding hydrogens is 272 g/mol. The Balaban J connectivity index is 3.20. The van der Waals surface area contributed by atoms with E-state index in [0.717, 1.165) is 28.8 Å². The zero-order valence-electron chi connectivity index (χ0n) is 9.24. The number of hydrogen-bond donors (Lipinski definition) is 0. The van der Waals surface area contributed by atoms with Gasteiger partial charge in [0.2, 0.25) is 0 Å². The first-order valence-electron chi connectivity index (χ1n) is 5.13. The van der Waals surface area contributed by atoms with Crippen molar-refractivity contribution in [2.75, 3.05) is 0 Å². The van der Waals surface area contributed by atoms with Crippen LogP contribution in [0.15, 0.2) is 18.7 Å². The quantitative estimate of drug-likeness (QED) is 0.654. The predicted molar refractivity (Wildman–Crippen MR) is 72.8 cm³/mol. The molecule has 0 amide bonds. The van der Waals surface area contributed by atoms with Crippen molar-refractivity contribution < 1.29 is 0 Å². The molecule has 0 aliphatic carbocycles. The van der Waals surface area contributed by atoms with Gasteiger partial charge < -0.3 is 0 Å². The lowest BCUT2D eigenvalue weighted by Crippen LogP contribution is -1.93. The van der Waals surface area contributed by atoms with E-state index >= 15 is 0 Å². The number of halogens is 2. The Morgan fingerprint density at radius 1 is 1.47 bits per heavy atom. The fourth-order valence-corrected chi connectivity index (χ4v) is 2.77. The summed E-state index contributed by atoms with van der Waals surface area (Å²) in [6.45, 7) is 8.35. The zero-order valence-corrected chi connectivity index (χ0v) is 11.6. The van der Waals surface area contributed by atoms with Crippen molar-refractivity contribution in [1.82, 2.24) is 0 Å². The first kappa shape index (κ1) is 12.8. The van der Waals surface area contributed by atoms with Crippen LogP contribution >= 0.6 is 27.5 Å². The molecule has 0 aliphatic heterocycles. The number of hydrogen-bond acceptors (Lipinski definition) is 0. The molecule has 82 valence electrons. The maximum Gasteiger partial charge on any atom is 0.0455 e. The van der Waals surface area contributed by atoms with Gasteiger partial charge in [-0.15, -0.1) is 0 Å². The molecule has 0 heterocycles. The monoisotopic (exact) mass is 286 g/mol. The Labute approximate surface area is 105 Å². The summed E-state index contributed by atoms with van der Waals surface area (Å²) in [6.07, 6.45) is 2.14. The van der Waals surface area contributed by atoms with Crippen molar-refractivity contribution in [3.8, 4) is 0 Å². The van der Waals surface area contributed by atoms with E-state index in [1.54, 1.807) is 0 Å². The minimum Gasteiger partial charge on any atom is -0.0952 e. The van der Waals surface area contributed by atoms with Gasteiger partial charge in [0, 0.05) is 10.4 Å². The summed E-state index contributed by atoms with van der Waals surface area (Å²) in [4.78, 5) is 0. The molecule has 0 aliphatic rings. The molecule has 2 heteroatoms. The van der Waals surface area contributed by atoms with Crippen molar-refractivity contribution in [3.05, 3.63) is 40.4 Å². The maximum absolute atomic E-state index is 6.21. The molecule has 1 aromatic carbocycles. The van der Waals surface area contributed by atoms with E-state index in [4.69, 9.17) is 11.6 Å². The molecule has 1 aromatic rings. The summed E-state index contributed by atoms with van der Waals surface area (Å²) >= 11 is 9.69. The number of alkyl halides is 1. The fraction of sp³-hybridized carbons (Fsp3) is 0.385. The summed E-state index contributed by atoms with van der Waals surface area (Å²) in [5.41, 5.74) is 4.73. The second-order valence-electron chi connectivity index (χ2n) is 3.76. The minimum absolute atomic E-state index is 0.782. The molecule has 0 unspecified atom stereocenters. The van der Waals surface area contributed by atoms with Crippen LogP contribution in [0.1, 0.15) is 36.5 Å². The van der Waals surface area contributed by atoms with Crippen molar-refractivity contribution in [1.29, 1.82) is 0 Å². The summed E-state index contributed by atoms with van der Waals surface area (Å²) < 4.78 is 0. The molecule has 0 atom stereocenters. The molecule has 15 heavy (non-hydrogen) atoms. The Morgan fingerprint density at radius 2 is 2.13 bits per heavy atom. The van der Waals surface area contributed by atoms with Crippen molar-refractivity contribution in [3.63, 3.8) is 0 Å². The Morgan fingerprint density at radius 3 is 2.67 bits per heavy atom. The molecule has 0 radical (unpaired) electrons. The van der Waals surface area contributed by atoms with Crippen molar-refractivity contribution >= 4 is 33.1 Å². The average molecular weight is 288 g/mol. The lowest BCUT2D eigenvalue weighted by Gasteiger charge is -2.12. The van der Waals surface area contributed by atoms with Crippen molar-refractivity contribution in [2.45, 2.75) is 32.0 Å². The maximum atomic E-state index is 6.21. The largest absolute Gasteiger partial charge is 0.0952 e. The highest BCUT2D eigenvalue weighted by atomic mass is 79.9. The van der Waals surface area contributed by atoms with Crippen LogP contribution in [-0.4, -0.2) is 0 Å². The van der Waals surface area contributed by atoms with Crippen LogP contribution in [0.25, 0.3) is 5.57 Å². The second-order valence-corrected chi connectivity index (χ2v) is 4.73. The molecule has 0 saturated carbocycles. The highest BCUT2D eigenvalue weighted by Gasteiger charge is 2.09. The van der Waals surface area contributed by atoms with Crippen LogP contribution in [0, 0.1) is 6.92 Å². The standard InChI is InChI=1S/C13H16BrCl/c1-4-5-10(3)11-6-9(2)7-13(15)12(11)8-14/h6-7H,3-5,8H2,1-2H3. The van der Waals surface area contributed by atoms with E-state index in [0.29, 0.717) is 0 Å². The first-order chi connectivity index (χ1) is 7.10. The normalized spacial score (nSPS) is 10.4. The van der Waals surface area contributed by atoms with Gasteiger partial charge in [-0.1, -0.05) is 53.5 Å². The van der Waals surface area contributed by atoms with Gasteiger partial charge in [-0.05, 0) is 41.7 Å². The minimum atomic E-state index is 0.782. The summed E-state index contributed by atoms with van der Waals surface area (Å²) in [7, 11) is 0. The van der Waals surface area contributed by atoms with Gasteiger partial charge in [-0.2, -0.15) is 0 Å². The SMILES string of the molecule is C=C(CCC)c1cc(C)cc(Cl)c1CBr. The number of benzene rings is 1. The van der Waals surface area contributed by atoms with Crippen LogP contribution in [0.4, 0.5) is 0 Å². The summed E-state index contributed by atoms with van der Waals surface area (Å²) in [6, 6.07) is 4.17. The lowest BCUT2D eigenvalue weighted by molar-refractivity contribution is 0.973. The third kappa shape index (κ3) is 3.09. The number of aryl methyl sites for hydroxylation is 1. The molecule has 0 N–H and O–H groups in total. The van der Waals surface area contributed by atoms with Crippen LogP contribution in [0.3, 0.4) is 0 Å². The average Bonchev–Trinajstić information content (AvgIpc) is 2.17. The van der Waals surface area contributed by atoms with Crippen LogP contribution in [-0.2, 0) is 5.33 Å². The topological polar surface area (TPSA) is 0 Å². The third-order valence-corrected chi connectivity index (χ3v) is 3.30. The lowest BCUT2D eigenvalue weighted by atomic mass is 9.96. The van der Waals surface area contributed by atoms with Gasteiger partial charge >= 0.3 is 0 Å². The van der Waals surface area contributed by atoms with Gasteiger partial charge in [0.15, 0.2) is 0 Å².